The zero-order valence-corrected chi connectivity index (χ0v) is 10.4. The highest BCUT2D eigenvalue weighted by Gasteiger charge is 2.17. The summed E-state index contributed by atoms with van der Waals surface area (Å²) < 4.78 is 10.2. The van der Waals surface area contributed by atoms with Crippen molar-refractivity contribution >= 4 is 11.6 Å². The van der Waals surface area contributed by atoms with E-state index < -0.39 is 6.04 Å². The summed E-state index contributed by atoms with van der Waals surface area (Å²) >= 11 is 5.86. The molecule has 3 N–H and O–H groups in total. The van der Waals surface area contributed by atoms with Gasteiger partial charge in [-0.25, -0.2) is 0 Å². The minimum absolute atomic E-state index is 0.171. The Balaban J connectivity index is 2.39. The van der Waals surface area contributed by atoms with E-state index in [0.29, 0.717) is 22.2 Å². The van der Waals surface area contributed by atoms with Crippen LogP contribution in [-0.2, 0) is 0 Å². The van der Waals surface area contributed by atoms with E-state index in [2.05, 4.69) is 10.1 Å². The third-order valence-electron chi connectivity index (χ3n) is 2.36. The molecule has 0 saturated heterocycles. The Labute approximate surface area is 108 Å². The van der Waals surface area contributed by atoms with Gasteiger partial charge in [-0.05, 0) is 18.2 Å². The molecule has 1 aromatic carbocycles. The average molecular weight is 270 g/mol. The van der Waals surface area contributed by atoms with Gasteiger partial charge in [0.1, 0.15) is 11.8 Å². The lowest BCUT2D eigenvalue weighted by atomic mass is 10.2. The van der Waals surface area contributed by atoms with Crippen molar-refractivity contribution in [3.05, 3.63) is 29.1 Å². The van der Waals surface area contributed by atoms with Gasteiger partial charge in [-0.1, -0.05) is 16.8 Å². The number of methoxy groups -OCH3 is 1. The number of benzene rings is 1. The lowest BCUT2D eigenvalue weighted by molar-refractivity contribution is 0.237. The first-order chi connectivity index (χ1) is 8.65. The fourth-order valence-corrected chi connectivity index (χ4v) is 1.59. The molecule has 2 aromatic rings. The molecule has 0 amide bonds. The second-order valence-corrected chi connectivity index (χ2v) is 4.03. The Morgan fingerprint density at radius 1 is 1.56 bits per heavy atom. The molecule has 0 aliphatic carbocycles. The molecule has 1 heterocycles. The van der Waals surface area contributed by atoms with E-state index in [-0.39, 0.29) is 12.5 Å². The molecule has 96 valence electrons. The van der Waals surface area contributed by atoms with Crippen LogP contribution in [0.3, 0.4) is 0 Å². The third kappa shape index (κ3) is 2.45. The summed E-state index contributed by atoms with van der Waals surface area (Å²) in [4.78, 5) is 4.10. The van der Waals surface area contributed by atoms with E-state index in [4.69, 9.17) is 31.7 Å². The molecule has 1 atom stereocenters. The average Bonchev–Trinajstić information content (AvgIpc) is 2.87. The minimum Gasteiger partial charge on any atom is -0.496 e. The van der Waals surface area contributed by atoms with Crippen LogP contribution < -0.4 is 10.5 Å². The van der Waals surface area contributed by atoms with Crippen LogP contribution in [0, 0.1) is 0 Å². The number of ether oxygens (including phenoxy) is 1. The predicted molar refractivity (Wildman–Crippen MR) is 65.3 cm³/mol. The second kappa shape index (κ2) is 5.34. The van der Waals surface area contributed by atoms with Gasteiger partial charge in [-0.3, -0.25) is 0 Å². The molecule has 18 heavy (non-hydrogen) atoms. The first-order valence-electron chi connectivity index (χ1n) is 5.19. The Hall–Kier alpha value is -1.63. The molecule has 2 rings (SSSR count). The van der Waals surface area contributed by atoms with Crippen molar-refractivity contribution in [1.29, 1.82) is 0 Å². The normalized spacial score (nSPS) is 12.4. The van der Waals surface area contributed by atoms with Crippen molar-refractivity contribution in [2.24, 2.45) is 5.73 Å². The van der Waals surface area contributed by atoms with Crippen LogP contribution in [0.5, 0.6) is 5.75 Å². The number of rotatable bonds is 4. The number of hydrogen-bond acceptors (Lipinski definition) is 6. The molecular weight excluding hydrogens is 258 g/mol. The van der Waals surface area contributed by atoms with Crippen LogP contribution in [-0.4, -0.2) is 29.0 Å². The monoisotopic (exact) mass is 269 g/mol. The van der Waals surface area contributed by atoms with Crippen LogP contribution in [0.2, 0.25) is 5.02 Å². The third-order valence-corrected chi connectivity index (χ3v) is 2.60. The molecule has 0 aliphatic heterocycles. The summed E-state index contributed by atoms with van der Waals surface area (Å²) in [5, 5.41) is 13.3. The number of halogens is 1. The van der Waals surface area contributed by atoms with Crippen molar-refractivity contribution in [2.75, 3.05) is 13.7 Å². The predicted octanol–water partition coefficient (Wildman–Crippen LogP) is 1.39. The largest absolute Gasteiger partial charge is 0.496 e. The molecular formula is C11H12ClN3O3. The lowest BCUT2D eigenvalue weighted by Crippen LogP contribution is -2.14. The summed E-state index contributed by atoms with van der Waals surface area (Å²) in [6.45, 7) is -0.264. The molecule has 0 fully saturated rings. The number of aliphatic hydroxyl groups excluding tert-OH is 1. The Morgan fingerprint density at radius 3 is 3.00 bits per heavy atom. The van der Waals surface area contributed by atoms with Gasteiger partial charge in [-0.15, -0.1) is 0 Å². The molecule has 0 radical (unpaired) electrons. The maximum absolute atomic E-state index is 8.91. The molecule has 0 saturated carbocycles. The number of hydrogen-bond donors (Lipinski definition) is 2. The zero-order chi connectivity index (χ0) is 13.1. The fourth-order valence-electron chi connectivity index (χ4n) is 1.42. The first-order valence-corrected chi connectivity index (χ1v) is 5.57. The molecule has 0 aliphatic rings. The van der Waals surface area contributed by atoms with Crippen molar-refractivity contribution in [1.82, 2.24) is 10.1 Å². The van der Waals surface area contributed by atoms with Crippen molar-refractivity contribution < 1.29 is 14.4 Å². The van der Waals surface area contributed by atoms with Crippen LogP contribution in [0.25, 0.3) is 11.4 Å². The minimum atomic E-state index is -0.690. The second-order valence-electron chi connectivity index (χ2n) is 3.59. The Morgan fingerprint density at radius 2 is 2.33 bits per heavy atom. The van der Waals surface area contributed by atoms with E-state index in [9.17, 15) is 0 Å². The molecule has 0 bridgehead atoms. The van der Waals surface area contributed by atoms with Crippen LogP contribution in [0.1, 0.15) is 11.9 Å². The fraction of sp³-hybridized carbons (Fsp3) is 0.273. The van der Waals surface area contributed by atoms with Crippen molar-refractivity contribution in [2.45, 2.75) is 6.04 Å². The number of aromatic nitrogens is 2. The topological polar surface area (TPSA) is 94.4 Å². The number of aliphatic hydroxyl groups is 1. The maximum Gasteiger partial charge on any atom is 0.246 e. The van der Waals surface area contributed by atoms with Gasteiger partial charge in [0.15, 0.2) is 0 Å². The Kier molecular flexibility index (Phi) is 3.81. The Bertz CT molecular complexity index is 544. The van der Waals surface area contributed by atoms with Crippen LogP contribution in [0.4, 0.5) is 0 Å². The quantitative estimate of drug-likeness (QED) is 0.871. The number of nitrogens with two attached hydrogens (primary N) is 1. The van der Waals surface area contributed by atoms with Crippen molar-refractivity contribution in [3.8, 4) is 17.1 Å². The van der Waals surface area contributed by atoms with E-state index in [1.54, 1.807) is 18.2 Å². The van der Waals surface area contributed by atoms with Gasteiger partial charge >= 0.3 is 0 Å². The molecule has 0 unspecified atom stereocenters. The van der Waals surface area contributed by atoms with Gasteiger partial charge in [0, 0.05) is 5.02 Å². The van der Waals surface area contributed by atoms with Gasteiger partial charge in [0.25, 0.3) is 0 Å². The highest BCUT2D eigenvalue weighted by atomic mass is 35.5. The summed E-state index contributed by atoms with van der Waals surface area (Å²) in [5.74, 6) is 1.04. The van der Waals surface area contributed by atoms with Gasteiger partial charge in [0.2, 0.25) is 11.7 Å². The standard InChI is InChI=1S/C11H12ClN3O3/c1-17-9-4-6(12)2-3-7(9)10-14-11(18-15-10)8(13)5-16/h2-4,8,16H,5,13H2,1H3/t8-/m0/s1. The highest BCUT2D eigenvalue weighted by Crippen LogP contribution is 2.30. The first kappa shape index (κ1) is 12.8. The smallest absolute Gasteiger partial charge is 0.246 e. The summed E-state index contributed by atoms with van der Waals surface area (Å²) in [7, 11) is 1.52. The van der Waals surface area contributed by atoms with Crippen LogP contribution >= 0.6 is 11.6 Å². The van der Waals surface area contributed by atoms with Gasteiger partial charge < -0.3 is 20.1 Å². The van der Waals surface area contributed by atoms with E-state index in [1.165, 1.54) is 7.11 Å². The van der Waals surface area contributed by atoms with Gasteiger partial charge in [0.05, 0.1) is 19.3 Å². The molecule has 7 heteroatoms. The van der Waals surface area contributed by atoms with Crippen LogP contribution in [0.15, 0.2) is 22.7 Å². The van der Waals surface area contributed by atoms with E-state index >= 15 is 0 Å². The number of nitrogens with zero attached hydrogens (tertiary/aromatic N) is 2. The SMILES string of the molecule is COc1cc(Cl)ccc1-c1noc([C@@H](N)CO)n1. The summed E-state index contributed by atoms with van der Waals surface area (Å²) in [5.41, 5.74) is 6.22. The molecule has 6 nitrogen and oxygen atoms in total. The maximum atomic E-state index is 8.91. The molecule has 1 aromatic heterocycles. The van der Waals surface area contributed by atoms with Crippen molar-refractivity contribution in [3.63, 3.8) is 0 Å². The summed E-state index contributed by atoms with van der Waals surface area (Å²) in [6, 6.07) is 4.38. The van der Waals surface area contributed by atoms with E-state index in [0.717, 1.165) is 0 Å². The lowest BCUT2D eigenvalue weighted by Gasteiger charge is -2.04. The highest BCUT2D eigenvalue weighted by molar-refractivity contribution is 6.30. The molecule has 0 spiro atoms. The summed E-state index contributed by atoms with van der Waals surface area (Å²) in [6.07, 6.45) is 0. The van der Waals surface area contributed by atoms with E-state index in [1.807, 2.05) is 0 Å². The van der Waals surface area contributed by atoms with Gasteiger partial charge in [-0.2, -0.15) is 4.98 Å². The zero-order valence-electron chi connectivity index (χ0n) is 9.63.